The third-order valence-corrected chi connectivity index (χ3v) is 6.95. The van der Waals surface area contributed by atoms with Gasteiger partial charge in [0.15, 0.2) is 0 Å². The van der Waals surface area contributed by atoms with E-state index in [-0.39, 0.29) is 43.2 Å². The maximum absolute atomic E-state index is 13.0. The zero-order chi connectivity index (χ0) is 26.2. The molecule has 3 rings (SSSR count). The highest BCUT2D eigenvalue weighted by Gasteiger charge is 2.31. The summed E-state index contributed by atoms with van der Waals surface area (Å²) in [6.07, 6.45) is 0.737. The number of aliphatic carboxylic acids is 1. The molecule has 1 aliphatic carbocycles. The number of fused-ring (bicyclic) bond motifs is 3. The number of hydrogen-bond acceptors (Lipinski definition) is 4. The van der Waals surface area contributed by atoms with Crippen LogP contribution in [0.5, 0.6) is 0 Å². The number of carbonyl (C=O) groups is 3. The van der Waals surface area contributed by atoms with Crippen LogP contribution in [0.1, 0.15) is 64.0 Å². The van der Waals surface area contributed by atoms with Crippen molar-refractivity contribution in [1.29, 1.82) is 0 Å². The van der Waals surface area contributed by atoms with E-state index in [0.717, 1.165) is 22.3 Å². The van der Waals surface area contributed by atoms with E-state index in [9.17, 15) is 19.5 Å². The fourth-order valence-corrected chi connectivity index (χ4v) is 4.98. The van der Waals surface area contributed by atoms with Crippen molar-refractivity contribution in [1.82, 2.24) is 10.6 Å². The van der Waals surface area contributed by atoms with Crippen LogP contribution in [0.15, 0.2) is 48.5 Å². The van der Waals surface area contributed by atoms with E-state index in [1.807, 2.05) is 52.0 Å². The summed E-state index contributed by atoms with van der Waals surface area (Å²) in [4.78, 5) is 37.0. The third kappa shape index (κ3) is 6.86. The number of carboxylic acid groups (broad SMARTS) is 1. The van der Waals surface area contributed by atoms with Crippen LogP contribution in [0, 0.1) is 17.8 Å². The Kier molecular flexibility index (Phi) is 9.51. The lowest BCUT2D eigenvalue weighted by Gasteiger charge is -2.25. The molecule has 0 saturated carbocycles. The molecule has 0 fully saturated rings. The third-order valence-electron chi connectivity index (χ3n) is 6.95. The van der Waals surface area contributed by atoms with Crippen LogP contribution in [0.2, 0.25) is 0 Å². The van der Waals surface area contributed by atoms with Crippen LogP contribution in [0.25, 0.3) is 11.1 Å². The SMILES string of the molecule is CCC(C)C(NC(=O)OCC1c2ccccc2-c2ccccc21)C(=O)NC[C@H](CC(=O)O)CC(C)C. The molecular weight excluding hydrogens is 456 g/mol. The van der Waals surface area contributed by atoms with E-state index < -0.39 is 18.1 Å². The van der Waals surface area contributed by atoms with Crippen LogP contribution in [-0.2, 0) is 14.3 Å². The molecule has 0 saturated heterocycles. The number of amides is 2. The standard InChI is InChI=1S/C29H38N2O5/c1-5-19(4)27(28(34)30-16-20(14-18(2)3)15-26(32)33)31-29(35)36-17-25-23-12-8-6-10-21(23)22-11-7-9-13-24(22)25/h6-13,18-20,25,27H,5,14-17H2,1-4H3,(H,30,34)(H,31,35)(H,32,33)/t19?,20-,27?/m0/s1. The predicted molar refractivity (Wildman–Crippen MR) is 140 cm³/mol. The van der Waals surface area contributed by atoms with E-state index in [2.05, 4.69) is 34.9 Å². The Labute approximate surface area is 213 Å². The summed E-state index contributed by atoms with van der Waals surface area (Å²) < 4.78 is 5.64. The summed E-state index contributed by atoms with van der Waals surface area (Å²) in [5, 5.41) is 14.8. The van der Waals surface area contributed by atoms with E-state index in [0.29, 0.717) is 18.8 Å². The molecule has 0 heterocycles. The van der Waals surface area contributed by atoms with Gasteiger partial charge in [0.1, 0.15) is 12.6 Å². The summed E-state index contributed by atoms with van der Waals surface area (Å²) in [6.45, 7) is 8.33. The molecule has 194 valence electrons. The predicted octanol–water partition coefficient (Wildman–Crippen LogP) is 5.19. The lowest BCUT2D eigenvalue weighted by Crippen LogP contribution is -2.51. The van der Waals surface area contributed by atoms with Crippen molar-refractivity contribution in [2.24, 2.45) is 17.8 Å². The zero-order valence-electron chi connectivity index (χ0n) is 21.6. The number of alkyl carbamates (subject to hydrolysis) is 1. The van der Waals surface area contributed by atoms with Gasteiger partial charge in [-0.05, 0) is 46.4 Å². The molecule has 0 spiro atoms. The fourth-order valence-electron chi connectivity index (χ4n) is 4.98. The molecule has 0 aliphatic heterocycles. The Morgan fingerprint density at radius 1 is 0.972 bits per heavy atom. The van der Waals surface area contributed by atoms with E-state index >= 15 is 0 Å². The van der Waals surface area contributed by atoms with E-state index in [1.165, 1.54) is 0 Å². The highest BCUT2D eigenvalue weighted by atomic mass is 16.5. The van der Waals surface area contributed by atoms with Crippen LogP contribution >= 0.6 is 0 Å². The molecular formula is C29H38N2O5. The molecule has 0 radical (unpaired) electrons. The fraction of sp³-hybridized carbons (Fsp3) is 0.483. The first-order chi connectivity index (χ1) is 17.2. The molecule has 2 aromatic carbocycles. The normalized spacial score (nSPS) is 14.9. The monoisotopic (exact) mass is 494 g/mol. The van der Waals surface area contributed by atoms with E-state index in [1.54, 1.807) is 0 Å². The van der Waals surface area contributed by atoms with Crippen LogP contribution in [0.3, 0.4) is 0 Å². The van der Waals surface area contributed by atoms with Crippen LogP contribution < -0.4 is 10.6 Å². The van der Waals surface area contributed by atoms with Gasteiger partial charge in [0.25, 0.3) is 0 Å². The molecule has 2 amide bonds. The molecule has 0 bridgehead atoms. The minimum absolute atomic E-state index is 0.00767. The molecule has 36 heavy (non-hydrogen) atoms. The van der Waals surface area contributed by atoms with Crippen molar-refractivity contribution in [2.45, 2.75) is 58.9 Å². The smallest absolute Gasteiger partial charge is 0.407 e. The minimum Gasteiger partial charge on any atom is -0.481 e. The highest BCUT2D eigenvalue weighted by Crippen LogP contribution is 2.44. The summed E-state index contributed by atoms with van der Waals surface area (Å²) in [5.41, 5.74) is 4.54. The Hall–Kier alpha value is -3.35. The Balaban J connectivity index is 1.62. The summed E-state index contributed by atoms with van der Waals surface area (Å²) in [5.74, 6) is -1.24. The molecule has 3 N–H and O–H groups in total. The molecule has 7 nitrogen and oxygen atoms in total. The first kappa shape index (κ1) is 27.2. The number of nitrogens with one attached hydrogen (secondary N) is 2. The number of hydrogen-bond donors (Lipinski definition) is 3. The maximum Gasteiger partial charge on any atom is 0.407 e. The van der Waals surface area contributed by atoms with Gasteiger partial charge >= 0.3 is 12.1 Å². The number of carboxylic acids is 1. The quantitative estimate of drug-likeness (QED) is 0.376. The second-order valence-corrected chi connectivity index (χ2v) is 10.2. The largest absolute Gasteiger partial charge is 0.481 e. The first-order valence-electron chi connectivity index (χ1n) is 12.8. The number of benzene rings is 2. The maximum atomic E-state index is 13.0. The van der Waals surface area contributed by atoms with Gasteiger partial charge in [-0.25, -0.2) is 4.79 Å². The molecule has 3 atom stereocenters. The summed E-state index contributed by atoms with van der Waals surface area (Å²) in [7, 11) is 0. The topological polar surface area (TPSA) is 105 Å². The van der Waals surface area contributed by atoms with E-state index in [4.69, 9.17) is 4.74 Å². The minimum atomic E-state index is -0.884. The molecule has 1 aliphatic rings. The van der Waals surface area contributed by atoms with Crippen molar-refractivity contribution in [3.63, 3.8) is 0 Å². The van der Waals surface area contributed by atoms with Gasteiger partial charge < -0.3 is 20.5 Å². The lowest BCUT2D eigenvalue weighted by atomic mass is 9.93. The Morgan fingerprint density at radius 2 is 1.56 bits per heavy atom. The zero-order valence-corrected chi connectivity index (χ0v) is 21.6. The highest BCUT2D eigenvalue weighted by molar-refractivity contribution is 5.86. The average Bonchev–Trinajstić information content (AvgIpc) is 3.17. The van der Waals surface area contributed by atoms with Crippen LogP contribution in [-0.4, -0.2) is 42.3 Å². The van der Waals surface area contributed by atoms with Gasteiger partial charge in [0.2, 0.25) is 5.91 Å². The second-order valence-electron chi connectivity index (χ2n) is 10.2. The number of carbonyl (C=O) groups excluding carboxylic acids is 2. The first-order valence-corrected chi connectivity index (χ1v) is 12.8. The van der Waals surface area contributed by atoms with Gasteiger partial charge in [-0.2, -0.15) is 0 Å². The van der Waals surface area contributed by atoms with Crippen molar-refractivity contribution in [2.75, 3.05) is 13.2 Å². The molecule has 2 unspecified atom stereocenters. The lowest BCUT2D eigenvalue weighted by molar-refractivity contribution is -0.138. The molecule has 2 aromatic rings. The molecule has 7 heteroatoms. The van der Waals surface area contributed by atoms with Crippen LogP contribution in [0.4, 0.5) is 4.79 Å². The number of rotatable bonds is 12. The Bertz CT molecular complexity index is 1020. The Morgan fingerprint density at radius 3 is 2.08 bits per heavy atom. The van der Waals surface area contributed by atoms with Gasteiger partial charge in [0.05, 0.1) is 0 Å². The van der Waals surface area contributed by atoms with Crippen molar-refractivity contribution in [3.05, 3.63) is 59.7 Å². The van der Waals surface area contributed by atoms with Gasteiger partial charge in [-0.3, -0.25) is 9.59 Å². The average molecular weight is 495 g/mol. The summed E-state index contributed by atoms with van der Waals surface area (Å²) in [6, 6.07) is 15.5. The van der Waals surface area contributed by atoms with Crippen molar-refractivity contribution >= 4 is 18.0 Å². The molecule has 0 aromatic heterocycles. The number of ether oxygens (including phenoxy) is 1. The summed E-state index contributed by atoms with van der Waals surface area (Å²) >= 11 is 0. The van der Waals surface area contributed by atoms with Crippen molar-refractivity contribution < 1.29 is 24.2 Å². The van der Waals surface area contributed by atoms with Gasteiger partial charge in [-0.1, -0.05) is 82.6 Å². The van der Waals surface area contributed by atoms with Gasteiger partial charge in [0, 0.05) is 18.9 Å². The second kappa shape index (κ2) is 12.6. The van der Waals surface area contributed by atoms with Crippen molar-refractivity contribution in [3.8, 4) is 11.1 Å². The van der Waals surface area contributed by atoms with Gasteiger partial charge in [-0.15, -0.1) is 0 Å².